The van der Waals surface area contributed by atoms with Crippen molar-refractivity contribution in [2.75, 3.05) is 0 Å². The Labute approximate surface area is 175 Å². The van der Waals surface area contributed by atoms with Crippen LogP contribution in [0.4, 0.5) is 4.39 Å². The first-order valence-electron chi connectivity index (χ1n) is 6.76. The van der Waals surface area contributed by atoms with Crippen LogP contribution in [0.15, 0.2) is 47.7 Å². The van der Waals surface area contributed by atoms with E-state index in [2.05, 4.69) is 0 Å². The third-order valence-electron chi connectivity index (χ3n) is 3.60. The number of fused-ring (bicyclic) bond motifs is 1. The van der Waals surface area contributed by atoms with Crippen LogP contribution in [0.25, 0.3) is 16.6 Å². The summed E-state index contributed by atoms with van der Waals surface area (Å²) < 4.78 is 17.5. The van der Waals surface area contributed by atoms with E-state index in [-0.39, 0.29) is 63.8 Å². The molecule has 114 valence electrons. The first-order chi connectivity index (χ1) is 10.5. The Hall–Kier alpha value is -1.25. The van der Waals surface area contributed by atoms with E-state index in [1.54, 1.807) is 39.7 Å². The standard InChI is InChI=1S/C16H13FN2O3.K.H/c1-2-18-9-11(16(21)22)15(20)10-7-12(17)14(8-13(10)18)19-5-3-4-6-19;;/h3-9H,2H2,1H3,(H,21,22);;/q;+1;-1. The number of aromatic nitrogens is 2. The molecule has 0 bridgehead atoms. The van der Waals surface area contributed by atoms with Gasteiger partial charge in [-0.1, -0.05) is 0 Å². The van der Waals surface area contributed by atoms with Gasteiger partial charge in [-0.3, -0.25) is 4.79 Å². The molecule has 0 aliphatic rings. The monoisotopic (exact) mass is 340 g/mol. The summed E-state index contributed by atoms with van der Waals surface area (Å²) in [5, 5.41) is 9.17. The molecule has 1 N–H and O–H groups in total. The molecule has 3 rings (SSSR count). The number of aryl methyl sites for hydroxylation is 1. The first kappa shape index (κ1) is 18.1. The van der Waals surface area contributed by atoms with Gasteiger partial charge in [-0.25, -0.2) is 9.18 Å². The molecule has 0 unspecified atom stereocenters. The third-order valence-corrected chi connectivity index (χ3v) is 3.60. The van der Waals surface area contributed by atoms with E-state index in [4.69, 9.17) is 5.11 Å². The fourth-order valence-electron chi connectivity index (χ4n) is 2.51. The fraction of sp³-hybridized carbons (Fsp3) is 0.125. The maximum atomic E-state index is 14.3. The van der Waals surface area contributed by atoms with Gasteiger partial charge in [0.15, 0.2) is 0 Å². The van der Waals surface area contributed by atoms with Crippen molar-refractivity contribution in [2.24, 2.45) is 0 Å². The van der Waals surface area contributed by atoms with Crippen LogP contribution in [0.1, 0.15) is 18.7 Å². The molecule has 0 atom stereocenters. The van der Waals surface area contributed by atoms with Gasteiger partial charge in [-0.15, -0.1) is 0 Å². The Bertz CT molecular complexity index is 939. The summed E-state index contributed by atoms with van der Waals surface area (Å²) in [7, 11) is 0. The molecule has 0 radical (unpaired) electrons. The number of carbonyl (C=O) groups is 1. The fourth-order valence-corrected chi connectivity index (χ4v) is 2.51. The zero-order chi connectivity index (χ0) is 15.9. The molecule has 7 heteroatoms. The number of aromatic carboxylic acids is 1. The molecule has 0 fully saturated rings. The smallest absolute Gasteiger partial charge is 1.00 e. The molecule has 0 amide bonds. The summed E-state index contributed by atoms with van der Waals surface area (Å²) in [5.74, 6) is -1.89. The molecular weight excluding hydrogens is 326 g/mol. The van der Waals surface area contributed by atoms with E-state index in [0.717, 1.165) is 6.07 Å². The summed E-state index contributed by atoms with van der Waals surface area (Å²) in [6.07, 6.45) is 4.69. The van der Waals surface area contributed by atoms with Crippen molar-refractivity contribution in [1.29, 1.82) is 0 Å². The van der Waals surface area contributed by atoms with Crippen LogP contribution in [-0.4, -0.2) is 20.2 Å². The number of rotatable bonds is 3. The molecule has 2 aromatic heterocycles. The van der Waals surface area contributed by atoms with Crippen LogP contribution in [0, 0.1) is 5.82 Å². The molecule has 5 nitrogen and oxygen atoms in total. The van der Waals surface area contributed by atoms with Gasteiger partial charge in [-0.2, -0.15) is 0 Å². The van der Waals surface area contributed by atoms with Crippen molar-refractivity contribution in [2.45, 2.75) is 13.5 Å². The molecule has 0 spiro atoms. The Kier molecular flexibility index (Phi) is 5.59. The third kappa shape index (κ3) is 3.20. The SMILES string of the molecule is CCn1cc(C(=O)O)c(=O)c2cc(F)c(-n3cccc3)cc21.[H-].[K+]. The van der Waals surface area contributed by atoms with E-state index >= 15 is 0 Å². The van der Waals surface area contributed by atoms with Crippen molar-refractivity contribution >= 4 is 16.9 Å². The second kappa shape index (κ2) is 7.10. The van der Waals surface area contributed by atoms with E-state index in [1.807, 2.05) is 6.92 Å². The number of carboxylic acids is 1. The van der Waals surface area contributed by atoms with Gasteiger partial charge in [0, 0.05) is 30.5 Å². The molecule has 23 heavy (non-hydrogen) atoms. The number of hydrogen-bond donors (Lipinski definition) is 1. The van der Waals surface area contributed by atoms with Crippen LogP contribution in [0.2, 0.25) is 0 Å². The van der Waals surface area contributed by atoms with Gasteiger partial charge < -0.3 is 15.7 Å². The van der Waals surface area contributed by atoms with Gasteiger partial charge in [0.2, 0.25) is 5.43 Å². The summed E-state index contributed by atoms with van der Waals surface area (Å²) >= 11 is 0. The zero-order valence-electron chi connectivity index (χ0n) is 13.8. The van der Waals surface area contributed by atoms with E-state index < -0.39 is 17.2 Å². The molecular formula is C16H14FKN2O3. The number of halogens is 1. The van der Waals surface area contributed by atoms with Crippen LogP contribution in [-0.2, 0) is 6.54 Å². The van der Waals surface area contributed by atoms with E-state index in [1.165, 1.54) is 6.20 Å². The minimum atomic E-state index is -1.32. The summed E-state index contributed by atoms with van der Waals surface area (Å²) in [6.45, 7) is 2.29. The average Bonchev–Trinajstić information content (AvgIpc) is 3.01. The molecule has 3 aromatic rings. The van der Waals surface area contributed by atoms with E-state index in [9.17, 15) is 14.0 Å². The second-order valence-corrected chi connectivity index (χ2v) is 4.87. The van der Waals surface area contributed by atoms with Crippen molar-refractivity contribution in [1.82, 2.24) is 9.13 Å². The van der Waals surface area contributed by atoms with Crippen molar-refractivity contribution < 1.29 is 67.1 Å². The normalized spacial score (nSPS) is 10.5. The van der Waals surface area contributed by atoms with Crippen LogP contribution in [0.5, 0.6) is 0 Å². The van der Waals surface area contributed by atoms with Gasteiger partial charge >= 0.3 is 57.4 Å². The van der Waals surface area contributed by atoms with E-state index in [0.29, 0.717) is 17.7 Å². The van der Waals surface area contributed by atoms with Gasteiger partial charge in [0.05, 0.1) is 11.2 Å². The number of carboxylic acid groups (broad SMARTS) is 1. The largest absolute Gasteiger partial charge is 1.00 e. The quantitative estimate of drug-likeness (QED) is 0.670. The van der Waals surface area contributed by atoms with Crippen molar-refractivity contribution in [3.8, 4) is 5.69 Å². The zero-order valence-corrected chi connectivity index (χ0v) is 15.9. The predicted molar refractivity (Wildman–Crippen MR) is 81.2 cm³/mol. The molecule has 0 aliphatic carbocycles. The summed E-state index contributed by atoms with van der Waals surface area (Å²) in [6, 6.07) is 6.20. The maximum absolute atomic E-state index is 14.3. The number of pyridine rings is 1. The van der Waals surface area contributed by atoms with Crippen molar-refractivity contribution in [3.05, 3.63) is 64.5 Å². The summed E-state index contributed by atoms with van der Waals surface area (Å²) in [5.41, 5.74) is -0.225. The molecule has 1 aromatic carbocycles. The Morgan fingerprint density at radius 1 is 1.30 bits per heavy atom. The Balaban J connectivity index is 0.00000144. The number of benzene rings is 1. The van der Waals surface area contributed by atoms with Crippen molar-refractivity contribution in [3.63, 3.8) is 0 Å². The first-order valence-corrected chi connectivity index (χ1v) is 6.76. The minimum Gasteiger partial charge on any atom is -1.00 e. The Morgan fingerprint density at radius 3 is 2.52 bits per heavy atom. The van der Waals surface area contributed by atoms with Gasteiger partial charge in [0.25, 0.3) is 0 Å². The topological polar surface area (TPSA) is 64.2 Å². The Morgan fingerprint density at radius 2 is 1.96 bits per heavy atom. The number of hydrogen-bond acceptors (Lipinski definition) is 2. The van der Waals surface area contributed by atoms with Crippen LogP contribution in [0.3, 0.4) is 0 Å². The maximum Gasteiger partial charge on any atom is 1.00 e. The molecule has 2 heterocycles. The summed E-state index contributed by atoms with van der Waals surface area (Å²) in [4.78, 5) is 23.4. The predicted octanol–water partition coefficient (Wildman–Crippen LogP) is -0.234. The van der Waals surface area contributed by atoms with Gasteiger partial charge in [0.1, 0.15) is 11.4 Å². The molecule has 0 saturated heterocycles. The van der Waals surface area contributed by atoms with Gasteiger partial charge in [-0.05, 0) is 31.2 Å². The second-order valence-electron chi connectivity index (χ2n) is 4.87. The van der Waals surface area contributed by atoms with Crippen LogP contribution < -0.4 is 56.8 Å². The number of nitrogens with zero attached hydrogens (tertiary/aromatic N) is 2. The average molecular weight is 340 g/mol. The minimum absolute atomic E-state index is 0. The molecule has 0 saturated carbocycles. The van der Waals surface area contributed by atoms with Crippen LogP contribution >= 0.6 is 0 Å². The molecule has 0 aliphatic heterocycles.